The fourth-order valence-corrected chi connectivity index (χ4v) is 1.71. The van der Waals surface area contributed by atoms with Crippen molar-refractivity contribution in [2.45, 2.75) is 13.0 Å². The largest absolute Gasteiger partial charge is 0.374 e. The van der Waals surface area contributed by atoms with Crippen LogP contribution < -0.4 is 10.6 Å². The highest BCUT2D eigenvalue weighted by Gasteiger charge is 2.18. The second-order valence-corrected chi connectivity index (χ2v) is 4.44. The third kappa shape index (κ3) is 3.53. The van der Waals surface area contributed by atoms with E-state index in [1.54, 1.807) is 31.2 Å². The predicted octanol–water partition coefficient (Wildman–Crippen LogP) is 3.54. The van der Waals surface area contributed by atoms with Crippen molar-refractivity contribution < 1.29 is 18.0 Å². The van der Waals surface area contributed by atoms with Crippen molar-refractivity contribution in [3.8, 4) is 0 Å². The molecular weight excluding hydrogens is 281 g/mol. The Kier molecular flexibility index (Phi) is 4.47. The first-order valence-electron chi connectivity index (χ1n) is 6.25. The summed E-state index contributed by atoms with van der Waals surface area (Å²) in [5.74, 6) is -4.91. The lowest BCUT2D eigenvalue weighted by Crippen LogP contribution is -2.32. The molecule has 6 heteroatoms. The molecule has 0 aliphatic carbocycles. The van der Waals surface area contributed by atoms with Crippen LogP contribution in [0.2, 0.25) is 0 Å². The van der Waals surface area contributed by atoms with Crippen molar-refractivity contribution in [3.05, 3.63) is 59.9 Å². The quantitative estimate of drug-likeness (QED) is 0.847. The molecule has 0 radical (unpaired) electrons. The van der Waals surface area contributed by atoms with Gasteiger partial charge in [-0.25, -0.2) is 13.2 Å². The lowest BCUT2D eigenvalue weighted by molar-refractivity contribution is -0.116. The van der Waals surface area contributed by atoms with Gasteiger partial charge < -0.3 is 10.6 Å². The molecule has 0 heterocycles. The topological polar surface area (TPSA) is 41.1 Å². The van der Waals surface area contributed by atoms with Gasteiger partial charge in [0.1, 0.15) is 6.04 Å². The number of hydrogen-bond acceptors (Lipinski definition) is 2. The Balaban J connectivity index is 2.06. The van der Waals surface area contributed by atoms with Gasteiger partial charge in [0.15, 0.2) is 17.5 Å². The van der Waals surface area contributed by atoms with E-state index in [0.717, 1.165) is 12.1 Å². The molecule has 2 N–H and O–H groups in total. The van der Waals surface area contributed by atoms with Crippen LogP contribution in [0.1, 0.15) is 6.92 Å². The second kappa shape index (κ2) is 6.30. The van der Waals surface area contributed by atoms with Crippen LogP contribution in [0.5, 0.6) is 0 Å². The molecule has 1 amide bonds. The van der Waals surface area contributed by atoms with Gasteiger partial charge in [0.2, 0.25) is 5.91 Å². The molecule has 1 atom stereocenters. The molecule has 0 saturated heterocycles. The molecule has 0 saturated carbocycles. The zero-order valence-corrected chi connectivity index (χ0v) is 11.2. The summed E-state index contributed by atoms with van der Waals surface area (Å²) in [7, 11) is 0. The summed E-state index contributed by atoms with van der Waals surface area (Å²) < 4.78 is 39.3. The van der Waals surface area contributed by atoms with Crippen molar-refractivity contribution in [3.63, 3.8) is 0 Å². The number of para-hydroxylation sites is 1. The van der Waals surface area contributed by atoms with Crippen molar-refractivity contribution in [2.75, 3.05) is 10.6 Å². The molecule has 0 spiro atoms. The number of amides is 1. The highest BCUT2D eigenvalue weighted by molar-refractivity contribution is 5.96. The van der Waals surface area contributed by atoms with Crippen LogP contribution in [-0.2, 0) is 4.79 Å². The van der Waals surface area contributed by atoms with Crippen LogP contribution in [0, 0.1) is 17.5 Å². The summed E-state index contributed by atoms with van der Waals surface area (Å²) >= 11 is 0. The van der Waals surface area contributed by atoms with Crippen LogP contribution in [0.4, 0.5) is 24.5 Å². The van der Waals surface area contributed by atoms with E-state index in [1.807, 2.05) is 6.07 Å². The summed E-state index contributed by atoms with van der Waals surface area (Å²) in [6.45, 7) is 1.57. The number of carbonyl (C=O) groups is 1. The van der Waals surface area contributed by atoms with Crippen molar-refractivity contribution in [2.24, 2.45) is 0 Å². The first-order valence-corrected chi connectivity index (χ1v) is 6.25. The standard InChI is InChI=1S/C15H13F3N2O/c1-9(19-10-5-3-2-4-6-10)15(21)20-12-8-7-11(16)13(17)14(12)18/h2-9,19H,1H3,(H,20,21)/t9-/m1/s1. The minimum absolute atomic E-state index is 0.402. The number of rotatable bonds is 4. The molecule has 0 aliphatic rings. The number of benzene rings is 2. The molecule has 21 heavy (non-hydrogen) atoms. The second-order valence-electron chi connectivity index (χ2n) is 4.44. The van der Waals surface area contributed by atoms with E-state index in [1.165, 1.54) is 0 Å². The Labute approximate surface area is 119 Å². The van der Waals surface area contributed by atoms with Crippen molar-refractivity contribution in [1.82, 2.24) is 0 Å². The Morgan fingerprint density at radius 1 is 1.00 bits per heavy atom. The molecule has 0 fully saturated rings. The number of carbonyl (C=O) groups excluding carboxylic acids is 1. The minimum Gasteiger partial charge on any atom is -0.374 e. The van der Waals surface area contributed by atoms with E-state index in [-0.39, 0.29) is 0 Å². The molecule has 110 valence electrons. The molecule has 2 aromatic carbocycles. The van der Waals surface area contributed by atoms with Gasteiger partial charge in [-0.1, -0.05) is 18.2 Å². The molecule has 0 bridgehead atoms. The maximum atomic E-state index is 13.5. The van der Waals surface area contributed by atoms with E-state index in [0.29, 0.717) is 5.69 Å². The number of hydrogen-bond donors (Lipinski definition) is 2. The summed E-state index contributed by atoms with van der Waals surface area (Å²) in [5, 5.41) is 5.12. The SMILES string of the molecule is C[C@@H](Nc1ccccc1)C(=O)Nc1ccc(F)c(F)c1F. The number of nitrogens with one attached hydrogen (secondary N) is 2. The molecular formula is C15H13F3N2O. The molecule has 2 aromatic rings. The average Bonchev–Trinajstić information content (AvgIpc) is 2.48. The van der Waals surface area contributed by atoms with Crippen molar-refractivity contribution >= 4 is 17.3 Å². The van der Waals surface area contributed by atoms with Gasteiger partial charge in [0.05, 0.1) is 5.69 Å². The summed E-state index contributed by atoms with van der Waals surface area (Å²) in [6, 6.07) is 9.99. The van der Waals surface area contributed by atoms with Crippen molar-refractivity contribution in [1.29, 1.82) is 0 Å². The van der Waals surface area contributed by atoms with E-state index >= 15 is 0 Å². The third-order valence-corrected chi connectivity index (χ3v) is 2.84. The van der Waals surface area contributed by atoms with E-state index in [4.69, 9.17) is 0 Å². The summed E-state index contributed by atoms with van der Waals surface area (Å²) in [5.41, 5.74) is 0.312. The summed E-state index contributed by atoms with van der Waals surface area (Å²) in [4.78, 5) is 11.9. The predicted molar refractivity (Wildman–Crippen MR) is 74.5 cm³/mol. The molecule has 0 aliphatic heterocycles. The Bertz CT molecular complexity index is 647. The maximum Gasteiger partial charge on any atom is 0.246 e. The molecule has 0 aromatic heterocycles. The Morgan fingerprint density at radius 3 is 2.33 bits per heavy atom. The number of halogens is 3. The zero-order valence-electron chi connectivity index (χ0n) is 11.2. The van der Waals surface area contributed by atoms with Gasteiger partial charge in [-0.2, -0.15) is 0 Å². The van der Waals surface area contributed by atoms with Gasteiger partial charge in [-0.05, 0) is 31.2 Å². The highest BCUT2D eigenvalue weighted by Crippen LogP contribution is 2.20. The van der Waals surface area contributed by atoms with Crippen LogP contribution in [0.3, 0.4) is 0 Å². The first-order chi connectivity index (χ1) is 9.99. The molecule has 3 nitrogen and oxygen atoms in total. The van der Waals surface area contributed by atoms with Gasteiger partial charge in [-0.3, -0.25) is 4.79 Å². The monoisotopic (exact) mass is 294 g/mol. The maximum absolute atomic E-state index is 13.5. The minimum atomic E-state index is -1.61. The van der Waals surface area contributed by atoms with E-state index in [2.05, 4.69) is 10.6 Å². The highest BCUT2D eigenvalue weighted by atomic mass is 19.2. The van der Waals surface area contributed by atoms with E-state index < -0.39 is 35.1 Å². The van der Waals surface area contributed by atoms with E-state index in [9.17, 15) is 18.0 Å². The Hall–Kier alpha value is -2.50. The first kappa shape index (κ1) is 14.9. The fourth-order valence-electron chi connectivity index (χ4n) is 1.71. The smallest absolute Gasteiger partial charge is 0.246 e. The van der Waals surface area contributed by atoms with Gasteiger partial charge in [0, 0.05) is 5.69 Å². The Morgan fingerprint density at radius 2 is 1.67 bits per heavy atom. The molecule has 2 rings (SSSR count). The van der Waals surface area contributed by atoms with Crippen LogP contribution in [0.15, 0.2) is 42.5 Å². The van der Waals surface area contributed by atoms with Gasteiger partial charge in [-0.15, -0.1) is 0 Å². The van der Waals surface area contributed by atoms with Crippen LogP contribution >= 0.6 is 0 Å². The average molecular weight is 294 g/mol. The lowest BCUT2D eigenvalue weighted by Gasteiger charge is -2.15. The van der Waals surface area contributed by atoms with Crippen LogP contribution in [0.25, 0.3) is 0 Å². The third-order valence-electron chi connectivity index (χ3n) is 2.84. The van der Waals surface area contributed by atoms with Crippen LogP contribution in [-0.4, -0.2) is 11.9 Å². The molecule has 0 unspecified atom stereocenters. The zero-order chi connectivity index (χ0) is 15.4. The number of anilines is 2. The summed E-state index contributed by atoms with van der Waals surface area (Å²) in [6.07, 6.45) is 0. The van der Waals surface area contributed by atoms with Gasteiger partial charge >= 0.3 is 0 Å². The van der Waals surface area contributed by atoms with Gasteiger partial charge in [0.25, 0.3) is 0 Å². The normalized spacial score (nSPS) is 11.8. The fraction of sp³-hybridized carbons (Fsp3) is 0.133. The lowest BCUT2D eigenvalue weighted by atomic mass is 10.2.